The average Bonchev–Trinajstić information content (AvgIpc) is 2.63. The standard InChI is InChI=1S/C16H31N/c1-13-7-6-9-15(12-11-13)17-16-10-5-3-4-8-14(16)2/h13-17H,3-12H2,1-2H3. The van der Waals surface area contributed by atoms with Crippen LogP contribution in [-0.2, 0) is 0 Å². The van der Waals surface area contributed by atoms with Gasteiger partial charge in [0.1, 0.15) is 0 Å². The molecule has 4 unspecified atom stereocenters. The van der Waals surface area contributed by atoms with Crippen LogP contribution in [0.25, 0.3) is 0 Å². The first-order valence-corrected chi connectivity index (χ1v) is 8.01. The summed E-state index contributed by atoms with van der Waals surface area (Å²) in [6, 6.07) is 1.64. The Morgan fingerprint density at radius 3 is 2.41 bits per heavy atom. The van der Waals surface area contributed by atoms with E-state index in [9.17, 15) is 0 Å². The van der Waals surface area contributed by atoms with Gasteiger partial charge in [-0.15, -0.1) is 0 Å². The third-order valence-corrected chi connectivity index (χ3v) is 5.07. The normalized spacial score (nSPS) is 40.6. The molecule has 0 aliphatic heterocycles. The molecule has 0 saturated heterocycles. The monoisotopic (exact) mass is 237 g/mol. The van der Waals surface area contributed by atoms with Crippen molar-refractivity contribution < 1.29 is 0 Å². The van der Waals surface area contributed by atoms with Crippen molar-refractivity contribution in [3.05, 3.63) is 0 Å². The van der Waals surface area contributed by atoms with Gasteiger partial charge in [0.05, 0.1) is 0 Å². The highest BCUT2D eigenvalue weighted by atomic mass is 15.0. The van der Waals surface area contributed by atoms with Gasteiger partial charge < -0.3 is 5.32 Å². The molecule has 0 aromatic heterocycles. The van der Waals surface area contributed by atoms with Crippen LogP contribution in [0.3, 0.4) is 0 Å². The highest BCUT2D eigenvalue weighted by molar-refractivity contribution is 4.82. The lowest BCUT2D eigenvalue weighted by Crippen LogP contribution is -2.41. The molecule has 1 N–H and O–H groups in total. The van der Waals surface area contributed by atoms with E-state index in [1.807, 2.05) is 0 Å². The highest BCUT2D eigenvalue weighted by Crippen LogP contribution is 2.27. The van der Waals surface area contributed by atoms with E-state index in [4.69, 9.17) is 0 Å². The predicted octanol–water partition coefficient (Wildman–Crippen LogP) is 4.51. The summed E-state index contributed by atoms with van der Waals surface area (Å²) in [7, 11) is 0. The van der Waals surface area contributed by atoms with E-state index in [1.165, 1.54) is 64.2 Å². The van der Waals surface area contributed by atoms with Crippen LogP contribution in [0.15, 0.2) is 0 Å². The molecule has 0 bridgehead atoms. The molecule has 0 aromatic carbocycles. The zero-order chi connectivity index (χ0) is 12.1. The minimum Gasteiger partial charge on any atom is -0.311 e. The van der Waals surface area contributed by atoms with E-state index in [2.05, 4.69) is 19.2 Å². The van der Waals surface area contributed by atoms with Crippen molar-refractivity contribution in [2.75, 3.05) is 0 Å². The fraction of sp³-hybridized carbons (Fsp3) is 1.00. The second-order valence-corrected chi connectivity index (χ2v) is 6.70. The third kappa shape index (κ3) is 4.28. The van der Waals surface area contributed by atoms with Gasteiger partial charge in [-0.05, 0) is 43.9 Å². The summed E-state index contributed by atoms with van der Waals surface area (Å²) in [4.78, 5) is 0. The van der Waals surface area contributed by atoms with Crippen LogP contribution in [0.4, 0.5) is 0 Å². The van der Waals surface area contributed by atoms with Crippen LogP contribution in [0.2, 0.25) is 0 Å². The number of hydrogen-bond donors (Lipinski definition) is 1. The first-order chi connectivity index (χ1) is 8.25. The lowest BCUT2D eigenvalue weighted by Gasteiger charge is -2.28. The number of nitrogens with one attached hydrogen (secondary N) is 1. The molecule has 0 amide bonds. The first-order valence-electron chi connectivity index (χ1n) is 8.01. The third-order valence-electron chi connectivity index (χ3n) is 5.07. The van der Waals surface area contributed by atoms with E-state index in [1.54, 1.807) is 0 Å². The van der Waals surface area contributed by atoms with Crippen LogP contribution in [0, 0.1) is 11.8 Å². The second kappa shape index (κ2) is 6.78. The van der Waals surface area contributed by atoms with E-state index < -0.39 is 0 Å². The molecule has 17 heavy (non-hydrogen) atoms. The van der Waals surface area contributed by atoms with Gasteiger partial charge in [-0.1, -0.05) is 46.0 Å². The minimum absolute atomic E-state index is 0.816. The predicted molar refractivity (Wildman–Crippen MR) is 75.2 cm³/mol. The maximum Gasteiger partial charge on any atom is 0.00952 e. The lowest BCUT2D eigenvalue weighted by molar-refractivity contribution is 0.303. The Morgan fingerprint density at radius 2 is 1.53 bits per heavy atom. The van der Waals surface area contributed by atoms with Gasteiger partial charge in [0.15, 0.2) is 0 Å². The van der Waals surface area contributed by atoms with Crippen LogP contribution < -0.4 is 5.32 Å². The van der Waals surface area contributed by atoms with Crippen molar-refractivity contribution in [1.82, 2.24) is 5.32 Å². The van der Waals surface area contributed by atoms with Gasteiger partial charge in [-0.2, -0.15) is 0 Å². The summed E-state index contributed by atoms with van der Waals surface area (Å²) in [6.45, 7) is 4.89. The number of hydrogen-bond acceptors (Lipinski definition) is 1. The minimum atomic E-state index is 0.816. The maximum atomic E-state index is 4.01. The van der Waals surface area contributed by atoms with E-state index in [0.29, 0.717) is 0 Å². The summed E-state index contributed by atoms with van der Waals surface area (Å²) < 4.78 is 0. The largest absolute Gasteiger partial charge is 0.311 e. The Kier molecular flexibility index (Phi) is 5.34. The first kappa shape index (κ1) is 13.4. The van der Waals surface area contributed by atoms with E-state index in [-0.39, 0.29) is 0 Å². The summed E-state index contributed by atoms with van der Waals surface area (Å²) in [5.41, 5.74) is 0. The molecular weight excluding hydrogens is 206 g/mol. The van der Waals surface area contributed by atoms with Crippen LogP contribution in [-0.4, -0.2) is 12.1 Å². The Bertz CT molecular complexity index is 214. The van der Waals surface area contributed by atoms with E-state index >= 15 is 0 Å². The molecule has 100 valence electrons. The Balaban J connectivity index is 1.81. The van der Waals surface area contributed by atoms with Crippen molar-refractivity contribution >= 4 is 0 Å². The number of rotatable bonds is 2. The SMILES string of the molecule is CC1CCCC(NC2CCCCCC2C)CC1. The van der Waals surface area contributed by atoms with Gasteiger partial charge >= 0.3 is 0 Å². The summed E-state index contributed by atoms with van der Waals surface area (Å²) in [5, 5.41) is 4.01. The smallest absolute Gasteiger partial charge is 0.00952 e. The second-order valence-electron chi connectivity index (χ2n) is 6.70. The van der Waals surface area contributed by atoms with Gasteiger partial charge in [0, 0.05) is 12.1 Å². The molecule has 1 heteroatoms. The molecule has 2 fully saturated rings. The molecule has 1 nitrogen and oxygen atoms in total. The fourth-order valence-electron chi connectivity index (χ4n) is 3.70. The zero-order valence-electron chi connectivity index (χ0n) is 11.9. The maximum absolute atomic E-state index is 4.01. The highest BCUT2D eigenvalue weighted by Gasteiger charge is 2.24. The molecule has 0 spiro atoms. The average molecular weight is 237 g/mol. The molecule has 0 radical (unpaired) electrons. The Hall–Kier alpha value is -0.0400. The topological polar surface area (TPSA) is 12.0 Å². The Morgan fingerprint density at radius 1 is 0.706 bits per heavy atom. The molecular formula is C16H31N. The fourth-order valence-corrected chi connectivity index (χ4v) is 3.70. The van der Waals surface area contributed by atoms with Crippen molar-refractivity contribution in [2.45, 2.75) is 90.1 Å². The molecule has 2 rings (SSSR count). The Labute approximate surface area is 108 Å². The van der Waals surface area contributed by atoms with Gasteiger partial charge in [0.2, 0.25) is 0 Å². The molecule has 4 atom stereocenters. The van der Waals surface area contributed by atoms with Gasteiger partial charge in [-0.3, -0.25) is 0 Å². The lowest BCUT2D eigenvalue weighted by atomic mass is 9.95. The van der Waals surface area contributed by atoms with Crippen LogP contribution in [0.1, 0.15) is 78.1 Å². The van der Waals surface area contributed by atoms with Crippen LogP contribution in [0.5, 0.6) is 0 Å². The van der Waals surface area contributed by atoms with Crippen molar-refractivity contribution in [2.24, 2.45) is 11.8 Å². The molecule has 0 heterocycles. The van der Waals surface area contributed by atoms with Crippen molar-refractivity contribution in [3.63, 3.8) is 0 Å². The van der Waals surface area contributed by atoms with Crippen LogP contribution >= 0.6 is 0 Å². The molecule has 2 saturated carbocycles. The summed E-state index contributed by atoms with van der Waals surface area (Å²) >= 11 is 0. The van der Waals surface area contributed by atoms with Gasteiger partial charge in [-0.25, -0.2) is 0 Å². The molecule has 0 aromatic rings. The van der Waals surface area contributed by atoms with Crippen molar-refractivity contribution in [1.29, 1.82) is 0 Å². The molecule has 2 aliphatic carbocycles. The summed E-state index contributed by atoms with van der Waals surface area (Å²) in [5.74, 6) is 1.87. The van der Waals surface area contributed by atoms with E-state index in [0.717, 1.165) is 23.9 Å². The van der Waals surface area contributed by atoms with Crippen molar-refractivity contribution in [3.8, 4) is 0 Å². The quantitative estimate of drug-likeness (QED) is 0.697. The summed E-state index contributed by atoms with van der Waals surface area (Å²) in [6.07, 6.45) is 14.4. The van der Waals surface area contributed by atoms with Gasteiger partial charge in [0.25, 0.3) is 0 Å². The zero-order valence-corrected chi connectivity index (χ0v) is 11.9. The molecule has 2 aliphatic rings.